The summed E-state index contributed by atoms with van der Waals surface area (Å²) >= 11 is 0. The molecule has 1 saturated heterocycles. The lowest BCUT2D eigenvalue weighted by molar-refractivity contribution is -0.140. The lowest BCUT2D eigenvalue weighted by Crippen LogP contribution is -2.37. The van der Waals surface area contributed by atoms with Gasteiger partial charge in [-0.15, -0.1) is 0 Å². The molecule has 106 valence electrons. The quantitative estimate of drug-likeness (QED) is 0.539. The summed E-state index contributed by atoms with van der Waals surface area (Å²) in [6, 6.07) is 1.17. The van der Waals surface area contributed by atoms with Crippen molar-refractivity contribution in [3.8, 4) is 0 Å². The smallest absolute Gasteiger partial charge is 0.305 e. The Morgan fingerprint density at radius 3 is 3.06 bits per heavy atom. The van der Waals surface area contributed by atoms with Crippen LogP contribution in [0.15, 0.2) is 0 Å². The van der Waals surface area contributed by atoms with E-state index >= 15 is 0 Å². The first kappa shape index (κ1) is 15.4. The molecule has 1 heterocycles. The Labute approximate surface area is 111 Å². The van der Waals surface area contributed by atoms with Gasteiger partial charge in [-0.05, 0) is 45.7 Å². The molecule has 1 aliphatic rings. The van der Waals surface area contributed by atoms with Crippen LogP contribution >= 0.6 is 0 Å². The zero-order valence-electron chi connectivity index (χ0n) is 11.8. The summed E-state index contributed by atoms with van der Waals surface area (Å²) in [5.74, 6) is -0.116. The molecule has 0 aromatic rings. The Bertz CT molecular complexity index is 226. The summed E-state index contributed by atoms with van der Waals surface area (Å²) in [7, 11) is 1.44. The molecule has 0 aliphatic carbocycles. The zero-order chi connectivity index (χ0) is 13.2. The first-order valence-electron chi connectivity index (χ1n) is 7.26. The maximum Gasteiger partial charge on any atom is 0.305 e. The summed E-state index contributed by atoms with van der Waals surface area (Å²) in [5, 5.41) is 7.10. The van der Waals surface area contributed by atoms with Crippen molar-refractivity contribution < 1.29 is 9.53 Å². The standard InChI is InChI=1S/C14H28N2O2/c1-12(15-10-6-8-14(17)18-2)11-13-7-4-3-5-9-16-13/h12-13,15-16H,3-11H2,1-2H3. The number of ether oxygens (including phenoxy) is 1. The van der Waals surface area contributed by atoms with E-state index in [1.54, 1.807) is 0 Å². The molecule has 0 spiro atoms. The molecule has 0 amide bonds. The van der Waals surface area contributed by atoms with E-state index in [1.165, 1.54) is 45.8 Å². The summed E-state index contributed by atoms with van der Waals surface area (Å²) in [4.78, 5) is 11.0. The molecule has 2 unspecified atom stereocenters. The molecule has 0 bridgehead atoms. The lowest BCUT2D eigenvalue weighted by atomic mass is 10.0. The number of carbonyl (C=O) groups is 1. The van der Waals surface area contributed by atoms with E-state index in [4.69, 9.17) is 0 Å². The molecule has 4 heteroatoms. The summed E-state index contributed by atoms with van der Waals surface area (Å²) < 4.78 is 4.62. The summed E-state index contributed by atoms with van der Waals surface area (Å²) in [6.45, 7) is 4.29. The maximum absolute atomic E-state index is 11.0. The average Bonchev–Trinajstić information content (AvgIpc) is 2.63. The number of hydrogen-bond acceptors (Lipinski definition) is 4. The SMILES string of the molecule is COC(=O)CCCNC(C)CC1CCCCCN1. The van der Waals surface area contributed by atoms with Crippen molar-refractivity contribution in [2.45, 2.75) is 64.0 Å². The number of nitrogens with one attached hydrogen (secondary N) is 2. The van der Waals surface area contributed by atoms with Gasteiger partial charge in [0.2, 0.25) is 0 Å². The molecule has 2 atom stereocenters. The van der Waals surface area contributed by atoms with Crippen LogP contribution in [0.25, 0.3) is 0 Å². The van der Waals surface area contributed by atoms with Crippen LogP contribution in [0.5, 0.6) is 0 Å². The van der Waals surface area contributed by atoms with E-state index in [2.05, 4.69) is 22.3 Å². The van der Waals surface area contributed by atoms with E-state index in [9.17, 15) is 4.79 Å². The molecule has 0 aromatic carbocycles. The first-order valence-corrected chi connectivity index (χ1v) is 7.26. The van der Waals surface area contributed by atoms with E-state index in [0.29, 0.717) is 18.5 Å². The summed E-state index contributed by atoms with van der Waals surface area (Å²) in [6.07, 6.45) is 7.88. The number of carbonyl (C=O) groups excluding carboxylic acids is 1. The molecule has 4 nitrogen and oxygen atoms in total. The Hall–Kier alpha value is -0.610. The molecule has 1 aliphatic heterocycles. The Morgan fingerprint density at radius 1 is 1.44 bits per heavy atom. The van der Waals surface area contributed by atoms with Gasteiger partial charge in [-0.1, -0.05) is 12.8 Å². The topological polar surface area (TPSA) is 50.4 Å². The fourth-order valence-corrected chi connectivity index (χ4v) is 2.50. The maximum atomic E-state index is 11.0. The average molecular weight is 256 g/mol. The minimum atomic E-state index is -0.116. The van der Waals surface area contributed by atoms with Crippen LogP contribution in [-0.2, 0) is 9.53 Å². The third-order valence-corrected chi connectivity index (χ3v) is 3.58. The van der Waals surface area contributed by atoms with Crippen LogP contribution in [0.2, 0.25) is 0 Å². The monoisotopic (exact) mass is 256 g/mol. The highest BCUT2D eigenvalue weighted by molar-refractivity contribution is 5.69. The van der Waals surface area contributed by atoms with Crippen molar-refractivity contribution in [3.05, 3.63) is 0 Å². The Morgan fingerprint density at radius 2 is 2.28 bits per heavy atom. The molecule has 18 heavy (non-hydrogen) atoms. The van der Waals surface area contributed by atoms with Gasteiger partial charge in [0.1, 0.15) is 0 Å². The summed E-state index contributed by atoms with van der Waals surface area (Å²) in [5.41, 5.74) is 0. The van der Waals surface area contributed by atoms with Crippen molar-refractivity contribution >= 4 is 5.97 Å². The van der Waals surface area contributed by atoms with Crippen LogP contribution in [0.1, 0.15) is 51.9 Å². The van der Waals surface area contributed by atoms with E-state index in [1.807, 2.05) is 0 Å². The second-order valence-electron chi connectivity index (χ2n) is 5.27. The van der Waals surface area contributed by atoms with Gasteiger partial charge in [-0.25, -0.2) is 0 Å². The minimum Gasteiger partial charge on any atom is -0.469 e. The van der Waals surface area contributed by atoms with E-state index < -0.39 is 0 Å². The molecule has 0 aromatic heterocycles. The normalized spacial score (nSPS) is 22.2. The molecular weight excluding hydrogens is 228 g/mol. The van der Waals surface area contributed by atoms with Crippen LogP contribution in [0.4, 0.5) is 0 Å². The van der Waals surface area contributed by atoms with E-state index in [-0.39, 0.29) is 5.97 Å². The van der Waals surface area contributed by atoms with Gasteiger partial charge < -0.3 is 15.4 Å². The fourth-order valence-electron chi connectivity index (χ4n) is 2.50. The molecule has 0 radical (unpaired) electrons. The van der Waals surface area contributed by atoms with Gasteiger partial charge in [0, 0.05) is 18.5 Å². The van der Waals surface area contributed by atoms with Gasteiger partial charge in [-0.3, -0.25) is 4.79 Å². The number of hydrogen-bond donors (Lipinski definition) is 2. The van der Waals surface area contributed by atoms with Crippen LogP contribution < -0.4 is 10.6 Å². The molecule has 1 fully saturated rings. The Kier molecular flexibility index (Phi) is 8.01. The highest BCUT2D eigenvalue weighted by atomic mass is 16.5. The van der Waals surface area contributed by atoms with Crippen molar-refractivity contribution in [1.82, 2.24) is 10.6 Å². The predicted octanol–water partition coefficient (Wildman–Crippen LogP) is 1.84. The van der Waals surface area contributed by atoms with Crippen molar-refractivity contribution in [2.75, 3.05) is 20.2 Å². The van der Waals surface area contributed by atoms with Gasteiger partial charge in [0.15, 0.2) is 0 Å². The number of rotatable bonds is 7. The van der Waals surface area contributed by atoms with Gasteiger partial charge in [-0.2, -0.15) is 0 Å². The molecule has 2 N–H and O–H groups in total. The van der Waals surface area contributed by atoms with Crippen molar-refractivity contribution in [2.24, 2.45) is 0 Å². The second kappa shape index (κ2) is 9.34. The van der Waals surface area contributed by atoms with Gasteiger partial charge in [0.05, 0.1) is 7.11 Å². The first-order chi connectivity index (χ1) is 8.72. The highest BCUT2D eigenvalue weighted by Gasteiger charge is 2.14. The largest absolute Gasteiger partial charge is 0.469 e. The highest BCUT2D eigenvalue weighted by Crippen LogP contribution is 2.12. The Balaban J connectivity index is 2.05. The van der Waals surface area contributed by atoms with E-state index in [0.717, 1.165) is 13.0 Å². The third kappa shape index (κ3) is 6.97. The predicted molar refractivity (Wildman–Crippen MR) is 73.6 cm³/mol. The number of methoxy groups -OCH3 is 1. The van der Waals surface area contributed by atoms with Crippen molar-refractivity contribution in [3.63, 3.8) is 0 Å². The lowest BCUT2D eigenvalue weighted by Gasteiger charge is -2.21. The third-order valence-electron chi connectivity index (χ3n) is 3.58. The molecular formula is C14H28N2O2. The van der Waals surface area contributed by atoms with Gasteiger partial charge in [0.25, 0.3) is 0 Å². The van der Waals surface area contributed by atoms with Crippen LogP contribution in [-0.4, -0.2) is 38.3 Å². The fraction of sp³-hybridized carbons (Fsp3) is 0.929. The van der Waals surface area contributed by atoms with Crippen molar-refractivity contribution in [1.29, 1.82) is 0 Å². The van der Waals surface area contributed by atoms with Crippen LogP contribution in [0.3, 0.4) is 0 Å². The molecule has 0 saturated carbocycles. The van der Waals surface area contributed by atoms with Gasteiger partial charge >= 0.3 is 5.97 Å². The minimum absolute atomic E-state index is 0.116. The number of esters is 1. The zero-order valence-corrected chi connectivity index (χ0v) is 11.8. The second-order valence-corrected chi connectivity index (χ2v) is 5.27. The van der Waals surface area contributed by atoms with Crippen LogP contribution in [0, 0.1) is 0 Å². The molecule has 1 rings (SSSR count).